The van der Waals surface area contributed by atoms with Gasteiger partial charge in [0.25, 0.3) is 5.56 Å². The van der Waals surface area contributed by atoms with Crippen LogP contribution in [0.1, 0.15) is 44.6 Å². The van der Waals surface area contributed by atoms with E-state index < -0.39 is 17.4 Å². The molecule has 1 atom stereocenters. The minimum Gasteiger partial charge on any atom is -0.491 e. The molecule has 0 spiro atoms. The van der Waals surface area contributed by atoms with Gasteiger partial charge in [-0.2, -0.15) is 4.98 Å². The first-order valence-corrected chi connectivity index (χ1v) is 11.3. The summed E-state index contributed by atoms with van der Waals surface area (Å²) in [6.45, 7) is 2.25. The zero-order valence-corrected chi connectivity index (χ0v) is 18.6. The molecule has 1 saturated carbocycles. The molecule has 2 aromatic heterocycles. The van der Waals surface area contributed by atoms with Crippen LogP contribution in [0.3, 0.4) is 0 Å². The second kappa shape index (κ2) is 9.60. The Kier molecular flexibility index (Phi) is 6.64. The second-order valence-electron chi connectivity index (χ2n) is 8.48. The SMILES string of the molecule is CCc1cccc(OCC(O)Cn2c(NC3CCCCC3)nc3c2c(=O)[nH]c(=O)n3C)c1. The third-order valence-electron chi connectivity index (χ3n) is 6.09. The summed E-state index contributed by atoms with van der Waals surface area (Å²) in [6.07, 6.45) is 5.59. The summed E-state index contributed by atoms with van der Waals surface area (Å²) in [4.78, 5) is 31.6. The largest absolute Gasteiger partial charge is 0.491 e. The van der Waals surface area contributed by atoms with Crippen LogP contribution >= 0.6 is 0 Å². The first kappa shape index (κ1) is 22.1. The van der Waals surface area contributed by atoms with E-state index in [9.17, 15) is 14.7 Å². The van der Waals surface area contributed by atoms with Gasteiger partial charge in [0.2, 0.25) is 5.95 Å². The van der Waals surface area contributed by atoms with Crippen LogP contribution in [0.5, 0.6) is 5.75 Å². The van der Waals surface area contributed by atoms with Gasteiger partial charge >= 0.3 is 5.69 Å². The van der Waals surface area contributed by atoms with Crippen LogP contribution in [-0.4, -0.2) is 43.0 Å². The van der Waals surface area contributed by atoms with Crippen molar-refractivity contribution < 1.29 is 9.84 Å². The van der Waals surface area contributed by atoms with Crippen LogP contribution in [0.4, 0.5) is 5.95 Å². The molecule has 1 aliphatic carbocycles. The number of H-pyrrole nitrogens is 1. The average molecular weight is 442 g/mol. The monoisotopic (exact) mass is 441 g/mol. The molecule has 1 aliphatic rings. The fourth-order valence-corrected chi connectivity index (χ4v) is 4.26. The van der Waals surface area contributed by atoms with Gasteiger partial charge in [0.1, 0.15) is 18.5 Å². The number of aromatic nitrogens is 4. The van der Waals surface area contributed by atoms with Crippen LogP contribution in [0.15, 0.2) is 33.9 Å². The number of fused-ring (bicyclic) bond motifs is 1. The predicted molar refractivity (Wildman–Crippen MR) is 123 cm³/mol. The van der Waals surface area contributed by atoms with Crippen LogP contribution < -0.4 is 21.3 Å². The maximum atomic E-state index is 12.6. The Morgan fingerprint density at radius 2 is 2.06 bits per heavy atom. The number of nitrogens with zero attached hydrogens (tertiary/aromatic N) is 3. The van der Waals surface area contributed by atoms with Crippen LogP contribution in [0.2, 0.25) is 0 Å². The zero-order valence-electron chi connectivity index (χ0n) is 18.6. The van der Waals surface area contributed by atoms with E-state index in [4.69, 9.17) is 4.74 Å². The normalized spacial score (nSPS) is 15.7. The van der Waals surface area contributed by atoms with Gasteiger partial charge in [-0.3, -0.25) is 14.3 Å². The fourth-order valence-electron chi connectivity index (χ4n) is 4.26. The quantitative estimate of drug-likeness (QED) is 0.494. The van der Waals surface area contributed by atoms with E-state index in [1.54, 1.807) is 11.6 Å². The Morgan fingerprint density at radius 3 is 2.81 bits per heavy atom. The number of benzene rings is 1. The van der Waals surface area contributed by atoms with Crippen LogP contribution in [0, 0.1) is 0 Å². The number of imidazole rings is 1. The van der Waals surface area contributed by atoms with Crippen molar-refractivity contribution >= 4 is 17.1 Å². The topological polar surface area (TPSA) is 114 Å². The lowest BCUT2D eigenvalue weighted by molar-refractivity contribution is 0.0937. The average Bonchev–Trinajstić information content (AvgIpc) is 3.15. The molecule has 0 amide bonds. The minimum absolute atomic E-state index is 0.0688. The smallest absolute Gasteiger partial charge is 0.329 e. The van der Waals surface area contributed by atoms with Crippen molar-refractivity contribution in [1.82, 2.24) is 19.1 Å². The van der Waals surface area contributed by atoms with Crippen LogP contribution in [-0.2, 0) is 20.0 Å². The highest BCUT2D eigenvalue weighted by Gasteiger charge is 2.22. The van der Waals surface area contributed by atoms with Crippen molar-refractivity contribution in [2.45, 2.75) is 64.1 Å². The first-order chi connectivity index (χ1) is 15.5. The highest BCUT2D eigenvalue weighted by Crippen LogP contribution is 2.23. The maximum absolute atomic E-state index is 12.6. The van der Waals surface area contributed by atoms with E-state index in [2.05, 4.69) is 22.2 Å². The van der Waals surface area contributed by atoms with Crippen molar-refractivity contribution in [2.75, 3.05) is 11.9 Å². The molecule has 3 N–H and O–H groups in total. The summed E-state index contributed by atoms with van der Waals surface area (Å²) in [5.41, 5.74) is 0.675. The standard InChI is InChI=1S/C23H31N5O4/c1-3-15-8-7-11-18(12-15)32-14-17(29)13-28-19-20(27(2)23(31)26-21(19)30)25-22(28)24-16-9-5-4-6-10-16/h7-8,11-12,16-17,29H,3-6,9-10,13-14H2,1-2H3,(H,24,25)(H,26,30,31). The van der Waals surface area contributed by atoms with Gasteiger partial charge in [0.05, 0.1) is 6.54 Å². The summed E-state index contributed by atoms with van der Waals surface area (Å²) in [5.74, 6) is 1.19. The molecular formula is C23H31N5O4. The fraction of sp³-hybridized carbons (Fsp3) is 0.522. The highest BCUT2D eigenvalue weighted by atomic mass is 16.5. The Morgan fingerprint density at radius 1 is 1.28 bits per heavy atom. The van der Waals surface area contributed by atoms with Crippen molar-refractivity contribution in [1.29, 1.82) is 0 Å². The number of nitrogens with one attached hydrogen (secondary N) is 2. The molecule has 0 aliphatic heterocycles. The van der Waals surface area contributed by atoms with Crippen LogP contribution in [0.25, 0.3) is 11.2 Å². The highest BCUT2D eigenvalue weighted by molar-refractivity contribution is 5.74. The molecule has 0 bridgehead atoms. The number of rotatable bonds is 8. The number of hydrogen-bond acceptors (Lipinski definition) is 6. The molecule has 32 heavy (non-hydrogen) atoms. The second-order valence-corrected chi connectivity index (χ2v) is 8.48. The van der Waals surface area contributed by atoms with E-state index in [1.807, 2.05) is 24.3 Å². The van der Waals surface area contributed by atoms with Gasteiger partial charge in [-0.05, 0) is 37.0 Å². The van der Waals surface area contributed by atoms with Crippen molar-refractivity contribution in [3.63, 3.8) is 0 Å². The van der Waals surface area contributed by atoms with Gasteiger partial charge in [-0.15, -0.1) is 0 Å². The van der Waals surface area contributed by atoms with Crippen molar-refractivity contribution in [3.05, 3.63) is 50.7 Å². The van der Waals surface area contributed by atoms with E-state index in [0.29, 0.717) is 17.3 Å². The summed E-state index contributed by atoms with van der Waals surface area (Å²) in [6, 6.07) is 8.02. The van der Waals surface area contributed by atoms with Crippen molar-refractivity contribution in [2.24, 2.45) is 7.05 Å². The number of hydrogen-bond donors (Lipinski definition) is 3. The third kappa shape index (κ3) is 4.72. The number of aryl methyl sites for hydroxylation is 2. The lowest BCUT2D eigenvalue weighted by Gasteiger charge is -2.24. The van der Waals surface area contributed by atoms with Gasteiger partial charge in [-0.1, -0.05) is 38.3 Å². The molecular weight excluding hydrogens is 410 g/mol. The summed E-state index contributed by atoms with van der Waals surface area (Å²) in [5, 5.41) is 14.2. The Bertz CT molecular complexity index is 1190. The van der Waals surface area contributed by atoms with Gasteiger partial charge in [0, 0.05) is 13.1 Å². The number of aliphatic hydroxyl groups is 1. The molecule has 0 radical (unpaired) electrons. The summed E-state index contributed by atoms with van der Waals surface area (Å²) < 4.78 is 8.77. The van der Waals surface area contributed by atoms with E-state index in [1.165, 1.54) is 11.0 Å². The molecule has 0 saturated heterocycles. The predicted octanol–water partition coefficient (Wildman–Crippen LogP) is 2.17. The zero-order chi connectivity index (χ0) is 22.7. The molecule has 1 fully saturated rings. The van der Waals surface area contributed by atoms with E-state index >= 15 is 0 Å². The Balaban J connectivity index is 1.60. The molecule has 9 heteroatoms. The maximum Gasteiger partial charge on any atom is 0.329 e. The van der Waals surface area contributed by atoms with Crippen molar-refractivity contribution in [3.8, 4) is 5.75 Å². The number of aromatic amines is 1. The molecule has 4 rings (SSSR count). The minimum atomic E-state index is -0.874. The number of ether oxygens (including phenoxy) is 1. The molecule has 1 unspecified atom stereocenters. The summed E-state index contributed by atoms with van der Waals surface area (Å²) in [7, 11) is 1.57. The number of aliphatic hydroxyl groups excluding tert-OH is 1. The molecule has 2 heterocycles. The lowest BCUT2D eigenvalue weighted by atomic mass is 9.96. The molecule has 172 valence electrons. The molecule has 1 aromatic carbocycles. The lowest BCUT2D eigenvalue weighted by Crippen LogP contribution is -2.31. The molecule has 9 nitrogen and oxygen atoms in total. The Hall–Kier alpha value is -3.07. The van der Waals surface area contributed by atoms with E-state index in [-0.39, 0.29) is 24.7 Å². The third-order valence-corrected chi connectivity index (χ3v) is 6.09. The van der Waals surface area contributed by atoms with Gasteiger partial charge in [-0.25, -0.2) is 4.79 Å². The van der Waals surface area contributed by atoms with E-state index in [0.717, 1.165) is 37.7 Å². The Labute approximate surface area is 186 Å². The summed E-state index contributed by atoms with van der Waals surface area (Å²) >= 11 is 0. The van der Waals surface area contributed by atoms with Gasteiger partial charge < -0.3 is 19.7 Å². The molecule has 3 aromatic rings. The number of anilines is 1. The van der Waals surface area contributed by atoms with Gasteiger partial charge in [0.15, 0.2) is 11.2 Å². The first-order valence-electron chi connectivity index (χ1n) is 11.3.